The van der Waals surface area contributed by atoms with Gasteiger partial charge in [0.15, 0.2) is 0 Å². The van der Waals surface area contributed by atoms with Crippen molar-refractivity contribution in [3.8, 4) is 0 Å². The van der Waals surface area contributed by atoms with Crippen molar-refractivity contribution >= 4 is 0 Å². The molecule has 2 atom stereocenters. The third-order valence-corrected chi connectivity index (χ3v) is 4.50. The van der Waals surface area contributed by atoms with Crippen LogP contribution in [-0.2, 0) is 0 Å². The van der Waals surface area contributed by atoms with E-state index in [4.69, 9.17) is 0 Å². The van der Waals surface area contributed by atoms with Gasteiger partial charge in [-0.05, 0) is 31.7 Å². The number of hydrogen-bond acceptors (Lipinski definition) is 1. The quantitative estimate of drug-likeness (QED) is 0.347. The maximum atomic E-state index is 3.80. The van der Waals surface area contributed by atoms with Crippen molar-refractivity contribution in [2.75, 3.05) is 6.54 Å². The molecule has 1 N–H and O–H groups in total. The molecule has 0 aromatic rings. The molecule has 0 aliphatic carbocycles. The van der Waals surface area contributed by atoms with Gasteiger partial charge in [0.2, 0.25) is 0 Å². The summed E-state index contributed by atoms with van der Waals surface area (Å²) >= 11 is 0. The van der Waals surface area contributed by atoms with Crippen LogP contribution in [-0.4, -0.2) is 12.6 Å². The van der Waals surface area contributed by atoms with Crippen LogP contribution in [0.1, 0.15) is 105 Å². The maximum absolute atomic E-state index is 3.80. The molecule has 0 aliphatic heterocycles. The summed E-state index contributed by atoms with van der Waals surface area (Å²) in [7, 11) is 0. The minimum absolute atomic E-state index is 0.776. The highest BCUT2D eigenvalue weighted by atomic mass is 14.9. The zero-order valence-electron chi connectivity index (χ0n) is 14.8. The van der Waals surface area contributed by atoms with Gasteiger partial charge >= 0.3 is 0 Å². The largest absolute Gasteiger partial charge is 0.314 e. The Morgan fingerprint density at radius 3 is 2.00 bits per heavy atom. The fourth-order valence-electron chi connectivity index (χ4n) is 3.03. The van der Waals surface area contributed by atoms with Crippen LogP contribution in [0.15, 0.2) is 0 Å². The van der Waals surface area contributed by atoms with E-state index in [1.165, 1.54) is 83.6 Å². The van der Waals surface area contributed by atoms with Gasteiger partial charge in [0.05, 0.1) is 0 Å². The molecule has 0 rings (SSSR count). The summed E-state index contributed by atoms with van der Waals surface area (Å²) in [5.41, 5.74) is 0. The molecule has 20 heavy (non-hydrogen) atoms. The van der Waals surface area contributed by atoms with Crippen molar-refractivity contribution < 1.29 is 0 Å². The average Bonchev–Trinajstić information content (AvgIpc) is 2.47. The van der Waals surface area contributed by atoms with E-state index in [1.54, 1.807) is 0 Å². The highest BCUT2D eigenvalue weighted by molar-refractivity contribution is 4.72. The summed E-state index contributed by atoms with van der Waals surface area (Å²) in [4.78, 5) is 0. The lowest BCUT2D eigenvalue weighted by Gasteiger charge is -2.24. The Hall–Kier alpha value is -0.0400. The van der Waals surface area contributed by atoms with E-state index in [1.807, 2.05) is 0 Å². The second-order valence-electron chi connectivity index (χ2n) is 6.51. The predicted octanol–water partition coefficient (Wildman–Crippen LogP) is 6.32. The molecule has 0 aromatic heterocycles. The molecule has 0 bridgehead atoms. The molecule has 1 heteroatoms. The van der Waals surface area contributed by atoms with Crippen LogP contribution >= 0.6 is 0 Å². The maximum Gasteiger partial charge on any atom is 0.00696 e. The molecule has 122 valence electrons. The van der Waals surface area contributed by atoms with Crippen molar-refractivity contribution in [3.63, 3.8) is 0 Å². The van der Waals surface area contributed by atoms with Crippen molar-refractivity contribution in [1.29, 1.82) is 0 Å². The average molecular weight is 284 g/mol. The highest BCUT2D eigenvalue weighted by Crippen LogP contribution is 2.21. The van der Waals surface area contributed by atoms with E-state index in [2.05, 4.69) is 33.0 Å². The first-order chi connectivity index (χ1) is 9.78. The van der Waals surface area contributed by atoms with Gasteiger partial charge in [0.25, 0.3) is 0 Å². The number of rotatable bonds is 15. The van der Waals surface area contributed by atoms with Crippen LogP contribution in [0.25, 0.3) is 0 Å². The number of unbranched alkanes of at least 4 members (excludes halogenated alkanes) is 5. The first-order valence-electron chi connectivity index (χ1n) is 9.51. The number of nitrogens with one attached hydrogen (secondary N) is 1. The summed E-state index contributed by atoms with van der Waals surface area (Å²) in [6.45, 7) is 10.5. The standard InChI is InChI=1S/C19H41N/c1-5-9-11-12-13-15-19(20-16-7-3)17-18(8-4)14-10-6-2/h18-20H,5-17H2,1-4H3. The first-order valence-corrected chi connectivity index (χ1v) is 9.51. The van der Waals surface area contributed by atoms with Gasteiger partial charge < -0.3 is 5.32 Å². The minimum Gasteiger partial charge on any atom is -0.314 e. The monoisotopic (exact) mass is 283 g/mol. The Bertz CT molecular complexity index is 179. The zero-order valence-corrected chi connectivity index (χ0v) is 14.8. The molecule has 0 radical (unpaired) electrons. The van der Waals surface area contributed by atoms with Gasteiger partial charge in [0.1, 0.15) is 0 Å². The SMILES string of the molecule is CCCCCCCC(CC(CC)CCCC)NCCC. The van der Waals surface area contributed by atoms with Gasteiger partial charge in [-0.2, -0.15) is 0 Å². The molecule has 0 aromatic carbocycles. The third kappa shape index (κ3) is 11.8. The Kier molecular flexibility index (Phi) is 15.3. The molecule has 0 aliphatic rings. The van der Waals surface area contributed by atoms with Gasteiger partial charge in [-0.1, -0.05) is 85.5 Å². The van der Waals surface area contributed by atoms with Crippen molar-refractivity contribution in [3.05, 3.63) is 0 Å². The summed E-state index contributed by atoms with van der Waals surface area (Å²) in [5, 5.41) is 3.80. The van der Waals surface area contributed by atoms with Crippen molar-refractivity contribution in [2.24, 2.45) is 5.92 Å². The van der Waals surface area contributed by atoms with Gasteiger partial charge in [-0.15, -0.1) is 0 Å². The summed E-state index contributed by atoms with van der Waals surface area (Å²) in [5.74, 6) is 0.944. The van der Waals surface area contributed by atoms with E-state index in [-0.39, 0.29) is 0 Å². The third-order valence-electron chi connectivity index (χ3n) is 4.50. The van der Waals surface area contributed by atoms with Crippen LogP contribution in [0, 0.1) is 5.92 Å². The van der Waals surface area contributed by atoms with Crippen LogP contribution in [0.5, 0.6) is 0 Å². The first kappa shape index (κ1) is 20.0. The van der Waals surface area contributed by atoms with Crippen molar-refractivity contribution in [2.45, 2.75) is 111 Å². The van der Waals surface area contributed by atoms with Gasteiger partial charge in [-0.3, -0.25) is 0 Å². The van der Waals surface area contributed by atoms with Crippen LogP contribution in [0.2, 0.25) is 0 Å². The summed E-state index contributed by atoms with van der Waals surface area (Å²) < 4.78 is 0. The molecule has 0 amide bonds. The van der Waals surface area contributed by atoms with Gasteiger partial charge in [0, 0.05) is 6.04 Å². The molecule has 0 heterocycles. The zero-order chi connectivity index (χ0) is 15.1. The lowest BCUT2D eigenvalue weighted by Crippen LogP contribution is -2.31. The molecule has 1 nitrogen and oxygen atoms in total. The fourth-order valence-corrected chi connectivity index (χ4v) is 3.03. The second-order valence-corrected chi connectivity index (χ2v) is 6.51. The lowest BCUT2D eigenvalue weighted by atomic mass is 9.90. The Morgan fingerprint density at radius 1 is 0.700 bits per heavy atom. The molecular weight excluding hydrogens is 242 g/mol. The summed E-state index contributed by atoms with van der Waals surface area (Å²) in [6, 6.07) is 0.776. The van der Waals surface area contributed by atoms with Crippen LogP contribution in [0.3, 0.4) is 0 Å². The Labute approximate surface area is 129 Å². The normalized spacial score (nSPS) is 14.4. The topological polar surface area (TPSA) is 12.0 Å². The Morgan fingerprint density at radius 2 is 1.40 bits per heavy atom. The Balaban J connectivity index is 3.97. The van der Waals surface area contributed by atoms with E-state index in [0.717, 1.165) is 12.0 Å². The van der Waals surface area contributed by atoms with Crippen LogP contribution in [0.4, 0.5) is 0 Å². The van der Waals surface area contributed by atoms with Crippen LogP contribution < -0.4 is 5.32 Å². The van der Waals surface area contributed by atoms with E-state index in [9.17, 15) is 0 Å². The van der Waals surface area contributed by atoms with E-state index < -0.39 is 0 Å². The predicted molar refractivity (Wildman–Crippen MR) is 93.4 cm³/mol. The molecular formula is C19H41N. The van der Waals surface area contributed by atoms with E-state index >= 15 is 0 Å². The molecule has 0 saturated heterocycles. The smallest absolute Gasteiger partial charge is 0.00696 e. The van der Waals surface area contributed by atoms with Gasteiger partial charge in [-0.25, -0.2) is 0 Å². The second kappa shape index (κ2) is 15.4. The highest BCUT2D eigenvalue weighted by Gasteiger charge is 2.14. The van der Waals surface area contributed by atoms with E-state index in [0.29, 0.717) is 0 Å². The minimum atomic E-state index is 0.776. The van der Waals surface area contributed by atoms with Crippen molar-refractivity contribution in [1.82, 2.24) is 5.32 Å². The molecule has 0 spiro atoms. The molecule has 0 fully saturated rings. The fraction of sp³-hybridized carbons (Fsp3) is 1.00. The molecule has 0 saturated carbocycles. The number of hydrogen-bond donors (Lipinski definition) is 1. The summed E-state index contributed by atoms with van der Waals surface area (Å²) in [6.07, 6.45) is 16.7. The molecule has 2 unspecified atom stereocenters. The lowest BCUT2D eigenvalue weighted by molar-refractivity contribution is 0.330.